The van der Waals surface area contributed by atoms with Gasteiger partial charge in [0.25, 0.3) is 5.91 Å². The molecule has 1 aliphatic carbocycles. The summed E-state index contributed by atoms with van der Waals surface area (Å²) in [6.07, 6.45) is 9.22. The third-order valence-electron chi connectivity index (χ3n) is 4.53. The average molecular weight is 307 g/mol. The van der Waals surface area contributed by atoms with E-state index in [0.717, 1.165) is 42.1 Å². The number of nitriles is 1. The lowest BCUT2D eigenvalue weighted by molar-refractivity contribution is -0.117. The highest BCUT2D eigenvalue weighted by Gasteiger charge is 2.18. The molecule has 0 atom stereocenters. The summed E-state index contributed by atoms with van der Waals surface area (Å²) >= 11 is 0. The number of carbonyl (C=O) groups is 1. The molecule has 0 spiro atoms. The summed E-state index contributed by atoms with van der Waals surface area (Å²) in [5.74, 6) is -0.257. The predicted molar refractivity (Wildman–Crippen MR) is 91.5 cm³/mol. The predicted octanol–water partition coefficient (Wildman–Crippen LogP) is 3.53. The van der Waals surface area contributed by atoms with Crippen molar-refractivity contribution in [2.75, 3.05) is 0 Å². The molecule has 0 radical (unpaired) electrons. The van der Waals surface area contributed by atoms with Gasteiger partial charge in [-0.15, -0.1) is 0 Å². The fourth-order valence-corrected chi connectivity index (χ4v) is 3.30. The number of hydrogen-bond acceptors (Lipinski definition) is 2. The molecule has 4 nitrogen and oxygen atoms in total. The lowest BCUT2D eigenvalue weighted by Crippen LogP contribution is -2.36. The van der Waals surface area contributed by atoms with E-state index in [-0.39, 0.29) is 17.5 Å². The molecule has 0 unspecified atom stereocenters. The van der Waals surface area contributed by atoms with E-state index in [0.29, 0.717) is 0 Å². The minimum absolute atomic E-state index is 0.173. The van der Waals surface area contributed by atoms with E-state index in [9.17, 15) is 10.1 Å². The number of para-hydroxylation sites is 1. The van der Waals surface area contributed by atoms with E-state index in [1.54, 1.807) is 6.08 Å². The van der Waals surface area contributed by atoms with Gasteiger partial charge in [0.05, 0.1) is 0 Å². The summed E-state index contributed by atoms with van der Waals surface area (Å²) in [6.45, 7) is 0. The Balaban J connectivity index is 1.85. The molecule has 3 rings (SSSR count). The third kappa shape index (κ3) is 3.29. The van der Waals surface area contributed by atoms with Crippen LogP contribution in [0, 0.1) is 11.3 Å². The van der Waals surface area contributed by atoms with E-state index in [2.05, 4.69) is 11.4 Å². The molecule has 1 aromatic heterocycles. The number of nitrogens with zero attached hydrogens (tertiary/aromatic N) is 2. The molecule has 0 aliphatic heterocycles. The smallest absolute Gasteiger partial charge is 0.262 e. The lowest BCUT2D eigenvalue weighted by Gasteiger charge is -2.22. The largest absolute Gasteiger partial charge is 0.350 e. The van der Waals surface area contributed by atoms with Crippen LogP contribution < -0.4 is 5.32 Å². The standard InChI is InChI=1S/C19H21N3O/c1-22-13-15(17-9-5-6-10-18(17)22)11-14(12-20)19(23)21-16-7-3-2-4-8-16/h5-6,9-11,13,16H,2-4,7-8H2,1H3,(H,21,23). The minimum atomic E-state index is -0.257. The summed E-state index contributed by atoms with van der Waals surface area (Å²) < 4.78 is 2.01. The van der Waals surface area contributed by atoms with E-state index in [4.69, 9.17) is 0 Å². The molecule has 0 bridgehead atoms. The Morgan fingerprint density at radius 1 is 1.30 bits per heavy atom. The number of amides is 1. The van der Waals surface area contributed by atoms with Crippen molar-refractivity contribution in [2.45, 2.75) is 38.1 Å². The topological polar surface area (TPSA) is 57.8 Å². The Kier molecular flexibility index (Phi) is 4.47. The molecule has 0 saturated heterocycles. The van der Waals surface area contributed by atoms with Gasteiger partial charge in [-0.2, -0.15) is 5.26 Å². The first-order valence-corrected chi connectivity index (χ1v) is 8.16. The van der Waals surface area contributed by atoms with Crippen LogP contribution in [-0.4, -0.2) is 16.5 Å². The summed E-state index contributed by atoms with van der Waals surface area (Å²) in [6, 6.07) is 10.2. The number of aromatic nitrogens is 1. The molecular formula is C19H21N3O. The zero-order chi connectivity index (χ0) is 16.2. The van der Waals surface area contributed by atoms with Crippen LogP contribution in [0.5, 0.6) is 0 Å². The van der Waals surface area contributed by atoms with Gasteiger partial charge >= 0.3 is 0 Å². The summed E-state index contributed by atoms with van der Waals surface area (Å²) in [4.78, 5) is 12.4. The highest BCUT2D eigenvalue weighted by atomic mass is 16.1. The number of fused-ring (bicyclic) bond motifs is 1. The Bertz CT molecular complexity index is 789. The first-order valence-electron chi connectivity index (χ1n) is 8.16. The van der Waals surface area contributed by atoms with Crippen molar-refractivity contribution in [1.82, 2.24) is 9.88 Å². The number of aryl methyl sites for hydroxylation is 1. The second kappa shape index (κ2) is 6.70. The minimum Gasteiger partial charge on any atom is -0.350 e. The summed E-state index contributed by atoms with van der Waals surface area (Å²) in [5.41, 5.74) is 2.16. The number of hydrogen-bond donors (Lipinski definition) is 1. The molecule has 23 heavy (non-hydrogen) atoms. The maximum atomic E-state index is 12.4. The van der Waals surface area contributed by atoms with Crippen molar-refractivity contribution in [3.63, 3.8) is 0 Å². The molecule has 1 saturated carbocycles. The molecule has 1 amide bonds. The molecule has 1 N–H and O–H groups in total. The molecule has 1 fully saturated rings. The monoisotopic (exact) mass is 307 g/mol. The highest BCUT2D eigenvalue weighted by molar-refractivity contribution is 6.04. The maximum absolute atomic E-state index is 12.4. The molecule has 118 valence electrons. The maximum Gasteiger partial charge on any atom is 0.262 e. The van der Waals surface area contributed by atoms with Gasteiger partial charge < -0.3 is 9.88 Å². The van der Waals surface area contributed by atoms with Crippen molar-refractivity contribution < 1.29 is 4.79 Å². The van der Waals surface area contributed by atoms with Crippen molar-refractivity contribution >= 4 is 22.9 Å². The zero-order valence-electron chi connectivity index (χ0n) is 13.4. The number of benzene rings is 1. The second-order valence-electron chi connectivity index (χ2n) is 6.19. The number of rotatable bonds is 3. The van der Waals surface area contributed by atoms with Gasteiger partial charge in [-0.25, -0.2) is 0 Å². The van der Waals surface area contributed by atoms with Crippen LogP contribution in [-0.2, 0) is 11.8 Å². The normalized spacial score (nSPS) is 16.3. The SMILES string of the molecule is Cn1cc(C=C(C#N)C(=O)NC2CCCCC2)c2ccccc21. The van der Waals surface area contributed by atoms with Gasteiger partial charge in [-0.05, 0) is 25.0 Å². The molecular weight excluding hydrogens is 286 g/mol. The first kappa shape index (κ1) is 15.4. The van der Waals surface area contributed by atoms with Gasteiger partial charge in [0.1, 0.15) is 11.6 Å². The van der Waals surface area contributed by atoms with Gasteiger partial charge in [-0.1, -0.05) is 37.5 Å². The summed E-state index contributed by atoms with van der Waals surface area (Å²) in [5, 5.41) is 13.4. The van der Waals surface area contributed by atoms with Crippen LogP contribution >= 0.6 is 0 Å². The number of nitrogens with one attached hydrogen (secondary N) is 1. The Labute approximate surface area is 136 Å². The molecule has 1 aromatic carbocycles. The van der Waals surface area contributed by atoms with E-state index >= 15 is 0 Å². The van der Waals surface area contributed by atoms with Crippen LogP contribution in [0.15, 0.2) is 36.0 Å². The molecule has 4 heteroatoms. The fourth-order valence-electron chi connectivity index (χ4n) is 3.30. The Morgan fingerprint density at radius 2 is 2.04 bits per heavy atom. The second-order valence-corrected chi connectivity index (χ2v) is 6.19. The van der Waals surface area contributed by atoms with E-state index < -0.39 is 0 Å². The fraction of sp³-hybridized carbons (Fsp3) is 0.368. The Morgan fingerprint density at radius 3 is 2.78 bits per heavy atom. The first-order chi connectivity index (χ1) is 11.2. The van der Waals surface area contributed by atoms with Crippen LogP contribution in [0.4, 0.5) is 0 Å². The molecule has 1 heterocycles. The van der Waals surface area contributed by atoms with Crippen LogP contribution in [0.25, 0.3) is 17.0 Å². The van der Waals surface area contributed by atoms with E-state index in [1.165, 1.54) is 6.42 Å². The summed E-state index contributed by atoms with van der Waals surface area (Å²) in [7, 11) is 1.97. The van der Waals surface area contributed by atoms with Crippen molar-refractivity contribution in [2.24, 2.45) is 7.05 Å². The van der Waals surface area contributed by atoms with E-state index in [1.807, 2.05) is 42.1 Å². The van der Waals surface area contributed by atoms with Gasteiger partial charge in [0, 0.05) is 35.8 Å². The number of carbonyl (C=O) groups excluding carboxylic acids is 1. The van der Waals surface area contributed by atoms with Crippen LogP contribution in [0.3, 0.4) is 0 Å². The van der Waals surface area contributed by atoms with Gasteiger partial charge in [-0.3, -0.25) is 4.79 Å². The highest BCUT2D eigenvalue weighted by Crippen LogP contribution is 2.23. The Hall–Kier alpha value is -2.54. The van der Waals surface area contributed by atoms with Gasteiger partial charge in [0.2, 0.25) is 0 Å². The molecule has 1 aliphatic rings. The van der Waals surface area contributed by atoms with Gasteiger partial charge in [0.15, 0.2) is 0 Å². The zero-order valence-corrected chi connectivity index (χ0v) is 13.4. The van der Waals surface area contributed by atoms with Crippen molar-refractivity contribution in [3.8, 4) is 6.07 Å². The third-order valence-corrected chi connectivity index (χ3v) is 4.53. The van der Waals surface area contributed by atoms with Crippen LogP contribution in [0.1, 0.15) is 37.7 Å². The van der Waals surface area contributed by atoms with Crippen molar-refractivity contribution in [1.29, 1.82) is 5.26 Å². The quantitative estimate of drug-likeness (QED) is 0.696. The molecule has 2 aromatic rings. The average Bonchev–Trinajstić information content (AvgIpc) is 2.90. The van der Waals surface area contributed by atoms with Crippen molar-refractivity contribution in [3.05, 3.63) is 41.6 Å². The van der Waals surface area contributed by atoms with Crippen LogP contribution in [0.2, 0.25) is 0 Å². The lowest BCUT2D eigenvalue weighted by atomic mass is 9.95.